The molecule has 2 aromatic rings. The molecule has 0 aliphatic heterocycles. The fourth-order valence-corrected chi connectivity index (χ4v) is 2.02. The van der Waals surface area contributed by atoms with Gasteiger partial charge < -0.3 is 20.3 Å². The summed E-state index contributed by atoms with van der Waals surface area (Å²) in [5, 5.41) is 15.2. The van der Waals surface area contributed by atoms with Crippen LogP contribution < -0.4 is 10.6 Å². The van der Waals surface area contributed by atoms with Gasteiger partial charge in [-0.1, -0.05) is 12.1 Å². The van der Waals surface area contributed by atoms with Gasteiger partial charge in [-0.3, -0.25) is 0 Å². The van der Waals surface area contributed by atoms with E-state index in [1.54, 1.807) is 37.6 Å². The summed E-state index contributed by atoms with van der Waals surface area (Å²) in [6, 6.07) is 6.85. The van der Waals surface area contributed by atoms with Crippen molar-refractivity contribution in [2.75, 3.05) is 5.32 Å². The average molecular weight is 288 g/mol. The van der Waals surface area contributed by atoms with Crippen LogP contribution >= 0.6 is 0 Å². The van der Waals surface area contributed by atoms with Crippen molar-refractivity contribution >= 4 is 11.7 Å². The first-order valence-corrected chi connectivity index (χ1v) is 6.86. The summed E-state index contributed by atoms with van der Waals surface area (Å²) in [5.74, 6) is 0. The molecule has 0 aliphatic carbocycles. The summed E-state index contributed by atoms with van der Waals surface area (Å²) < 4.78 is 1.90. The lowest BCUT2D eigenvalue weighted by atomic mass is 10.1. The number of aromatic nitrogens is 2. The maximum Gasteiger partial charge on any atom is 0.319 e. The molecular weight excluding hydrogens is 268 g/mol. The Balaban J connectivity index is 1.88. The average Bonchev–Trinajstić information content (AvgIpc) is 2.91. The molecule has 0 saturated carbocycles. The molecule has 21 heavy (non-hydrogen) atoms. The summed E-state index contributed by atoms with van der Waals surface area (Å²) in [6.07, 6.45) is 4.70. The van der Waals surface area contributed by atoms with Crippen LogP contribution in [0.1, 0.15) is 25.5 Å². The van der Waals surface area contributed by atoms with Crippen LogP contribution in [0, 0.1) is 0 Å². The molecular formula is C15H20N4O2. The number of imidazole rings is 1. The van der Waals surface area contributed by atoms with E-state index in [0.29, 0.717) is 12.2 Å². The molecule has 1 heterocycles. The fraction of sp³-hybridized carbons (Fsp3) is 0.333. The lowest BCUT2D eigenvalue weighted by Crippen LogP contribution is -2.38. The molecule has 1 aromatic carbocycles. The van der Waals surface area contributed by atoms with Gasteiger partial charge in [0.2, 0.25) is 0 Å². The lowest BCUT2D eigenvalue weighted by molar-refractivity contribution is 0.199. The smallest absolute Gasteiger partial charge is 0.319 e. The van der Waals surface area contributed by atoms with E-state index in [1.165, 1.54) is 0 Å². The minimum absolute atomic E-state index is 0.0286. The number of aliphatic hydroxyl groups excluding tert-OH is 1. The highest BCUT2D eigenvalue weighted by atomic mass is 16.3. The van der Waals surface area contributed by atoms with Gasteiger partial charge in [-0.15, -0.1) is 0 Å². The van der Waals surface area contributed by atoms with Crippen LogP contribution in [-0.2, 0) is 6.54 Å². The van der Waals surface area contributed by atoms with E-state index < -0.39 is 6.10 Å². The van der Waals surface area contributed by atoms with Crippen molar-refractivity contribution in [2.24, 2.45) is 0 Å². The summed E-state index contributed by atoms with van der Waals surface area (Å²) in [6.45, 7) is 4.26. The second kappa shape index (κ2) is 6.90. The van der Waals surface area contributed by atoms with Crippen molar-refractivity contribution in [1.29, 1.82) is 0 Å². The Bertz CT molecular complexity index is 581. The number of hydrogen-bond acceptors (Lipinski definition) is 3. The Morgan fingerprint density at radius 1 is 1.43 bits per heavy atom. The number of anilines is 1. The second-order valence-electron chi connectivity index (χ2n) is 5.06. The van der Waals surface area contributed by atoms with E-state index in [2.05, 4.69) is 15.6 Å². The minimum Gasteiger partial charge on any atom is -0.389 e. The molecule has 2 unspecified atom stereocenters. The van der Waals surface area contributed by atoms with Crippen molar-refractivity contribution < 1.29 is 9.90 Å². The maximum absolute atomic E-state index is 11.9. The van der Waals surface area contributed by atoms with Crippen molar-refractivity contribution in [3.63, 3.8) is 0 Å². The third-order valence-electron chi connectivity index (χ3n) is 3.05. The first-order valence-electron chi connectivity index (χ1n) is 6.86. The Labute approximate surface area is 123 Å². The summed E-state index contributed by atoms with van der Waals surface area (Å²) >= 11 is 0. The Kier molecular flexibility index (Phi) is 4.94. The van der Waals surface area contributed by atoms with Crippen LogP contribution in [0.2, 0.25) is 0 Å². The standard InChI is InChI=1S/C15H20N4O2/c1-11(9-19-7-6-16-10-19)17-15(21)18-14-5-3-4-13(8-14)12(2)20/h3-8,10-12,20H,9H2,1-2H3,(H2,17,18,21). The van der Waals surface area contributed by atoms with Gasteiger partial charge in [-0.05, 0) is 31.5 Å². The van der Waals surface area contributed by atoms with Gasteiger partial charge in [0.05, 0.1) is 12.4 Å². The highest BCUT2D eigenvalue weighted by Crippen LogP contribution is 2.16. The topological polar surface area (TPSA) is 79.2 Å². The Morgan fingerprint density at radius 2 is 2.24 bits per heavy atom. The maximum atomic E-state index is 11.9. The quantitative estimate of drug-likeness (QED) is 0.788. The number of rotatable bonds is 5. The number of urea groups is 1. The Hall–Kier alpha value is -2.34. The molecule has 3 N–H and O–H groups in total. The van der Waals surface area contributed by atoms with Crippen LogP contribution in [0.3, 0.4) is 0 Å². The molecule has 6 nitrogen and oxygen atoms in total. The van der Waals surface area contributed by atoms with Crippen LogP contribution in [0.25, 0.3) is 0 Å². The third kappa shape index (κ3) is 4.61. The number of carbonyl (C=O) groups excluding carboxylic acids is 1. The normalized spacial score (nSPS) is 13.5. The van der Waals surface area contributed by atoms with Crippen LogP contribution in [0.15, 0.2) is 43.0 Å². The number of nitrogens with one attached hydrogen (secondary N) is 2. The van der Waals surface area contributed by atoms with Gasteiger partial charge in [-0.2, -0.15) is 0 Å². The molecule has 0 radical (unpaired) electrons. The first kappa shape index (κ1) is 15.1. The molecule has 0 spiro atoms. The van der Waals surface area contributed by atoms with Crippen LogP contribution in [0.5, 0.6) is 0 Å². The molecule has 6 heteroatoms. The molecule has 2 atom stereocenters. The monoisotopic (exact) mass is 288 g/mol. The van der Waals surface area contributed by atoms with Gasteiger partial charge in [0.25, 0.3) is 0 Å². The van der Waals surface area contributed by atoms with Crippen LogP contribution in [0.4, 0.5) is 10.5 Å². The van der Waals surface area contributed by atoms with Crippen molar-refractivity contribution in [3.05, 3.63) is 48.5 Å². The zero-order chi connectivity index (χ0) is 15.2. The molecule has 0 fully saturated rings. The van der Waals surface area contributed by atoms with E-state index in [-0.39, 0.29) is 12.1 Å². The molecule has 112 valence electrons. The van der Waals surface area contributed by atoms with Gasteiger partial charge in [-0.25, -0.2) is 9.78 Å². The highest BCUT2D eigenvalue weighted by Gasteiger charge is 2.09. The molecule has 0 aliphatic rings. The van der Waals surface area contributed by atoms with Crippen LogP contribution in [-0.4, -0.2) is 26.7 Å². The lowest BCUT2D eigenvalue weighted by Gasteiger charge is -2.15. The molecule has 0 bridgehead atoms. The summed E-state index contributed by atoms with van der Waals surface area (Å²) in [5.41, 5.74) is 1.42. The van der Waals surface area contributed by atoms with E-state index >= 15 is 0 Å². The fourth-order valence-electron chi connectivity index (χ4n) is 2.02. The SMILES string of the molecule is CC(Cn1ccnc1)NC(=O)Nc1cccc(C(C)O)c1. The first-order chi connectivity index (χ1) is 10.0. The third-order valence-corrected chi connectivity index (χ3v) is 3.05. The molecule has 2 amide bonds. The van der Waals surface area contributed by atoms with E-state index in [4.69, 9.17) is 0 Å². The van der Waals surface area contributed by atoms with Gasteiger partial charge in [0.1, 0.15) is 0 Å². The number of nitrogens with zero attached hydrogens (tertiary/aromatic N) is 2. The van der Waals surface area contributed by atoms with Crippen molar-refractivity contribution in [1.82, 2.24) is 14.9 Å². The zero-order valence-corrected chi connectivity index (χ0v) is 12.2. The van der Waals surface area contributed by atoms with Gasteiger partial charge >= 0.3 is 6.03 Å². The summed E-state index contributed by atoms with van der Waals surface area (Å²) in [4.78, 5) is 15.9. The molecule has 0 saturated heterocycles. The molecule has 2 rings (SSSR count). The molecule has 1 aromatic heterocycles. The second-order valence-corrected chi connectivity index (χ2v) is 5.06. The van der Waals surface area contributed by atoms with E-state index in [9.17, 15) is 9.90 Å². The number of hydrogen-bond donors (Lipinski definition) is 3. The van der Waals surface area contributed by atoms with Crippen molar-refractivity contribution in [2.45, 2.75) is 32.5 Å². The van der Waals surface area contributed by atoms with E-state index in [0.717, 1.165) is 5.56 Å². The minimum atomic E-state index is -0.560. The predicted octanol–water partition coefficient (Wildman–Crippen LogP) is 2.15. The Morgan fingerprint density at radius 3 is 2.90 bits per heavy atom. The summed E-state index contributed by atoms with van der Waals surface area (Å²) in [7, 11) is 0. The zero-order valence-electron chi connectivity index (χ0n) is 12.2. The number of aliphatic hydroxyl groups is 1. The number of carbonyl (C=O) groups is 1. The van der Waals surface area contributed by atoms with Gasteiger partial charge in [0.15, 0.2) is 0 Å². The van der Waals surface area contributed by atoms with Crippen molar-refractivity contribution in [3.8, 4) is 0 Å². The largest absolute Gasteiger partial charge is 0.389 e. The van der Waals surface area contributed by atoms with Gasteiger partial charge in [0, 0.05) is 30.7 Å². The number of amides is 2. The highest BCUT2D eigenvalue weighted by molar-refractivity contribution is 5.89. The van der Waals surface area contributed by atoms with E-state index in [1.807, 2.05) is 23.8 Å². The predicted molar refractivity (Wildman–Crippen MR) is 80.9 cm³/mol. The number of benzene rings is 1.